The summed E-state index contributed by atoms with van der Waals surface area (Å²) in [5, 5.41) is -1.19. The van der Waals surface area contributed by atoms with Crippen molar-refractivity contribution in [1.82, 2.24) is 19.5 Å². The van der Waals surface area contributed by atoms with E-state index < -0.39 is 38.5 Å². The number of thiophene rings is 1. The van der Waals surface area contributed by atoms with Gasteiger partial charge >= 0.3 is 12.4 Å². The van der Waals surface area contributed by atoms with E-state index in [1.807, 2.05) is 0 Å². The standard InChI is InChI=1S/C16H10F6N4O2S3/c1-3-31(27,28)10-8(29-13-9(10)30-14(25-13)16(20,21)22)12-24-7-4-6(15(17,18)19)5-23-11(7)26(12)2/h4-5H,3H2,1-2H3. The molecule has 0 spiro atoms. The summed E-state index contributed by atoms with van der Waals surface area (Å²) in [6.07, 6.45) is -8.77. The third-order valence-electron chi connectivity index (χ3n) is 4.38. The number of sulfone groups is 1. The normalized spacial score (nSPS) is 13.5. The number of alkyl halides is 6. The molecule has 0 aliphatic heterocycles. The minimum atomic E-state index is -4.74. The van der Waals surface area contributed by atoms with Crippen molar-refractivity contribution < 1.29 is 34.8 Å². The van der Waals surface area contributed by atoms with Crippen molar-refractivity contribution in [2.45, 2.75) is 24.2 Å². The lowest BCUT2D eigenvalue weighted by molar-refractivity contribution is -0.138. The smallest absolute Gasteiger partial charge is 0.311 e. The van der Waals surface area contributed by atoms with E-state index >= 15 is 0 Å². The zero-order chi connectivity index (χ0) is 22.9. The van der Waals surface area contributed by atoms with Crippen molar-refractivity contribution in [1.29, 1.82) is 0 Å². The van der Waals surface area contributed by atoms with E-state index in [4.69, 9.17) is 0 Å². The van der Waals surface area contributed by atoms with Crippen LogP contribution in [0.25, 0.3) is 31.4 Å². The predicted molar refractivity (Wildman–Crippen MR) is 103 cm³/mol. The van der Waals surface area contributed by atoms with E-state index in [0.29, 0.717) is 17.5 Å². The van der Waals surface area contributed by atoms with Crippen molar-refractivity contribution in [3.8, 4) is 10.7 Å². The van der Waals surface area contributed by atoms with Crippen molar-refractivity contribution in [2.24, 2.45) is 7.05 Å². The Bertz CT molecular complexity index is 1430. The van der Waals surface area contributed by atoms with Crippen LogP contribution in [0.15, 0.2) is 17.2 Å². The van der Waals surface area contributed by atoms with Gasteiger partial charge in [-0.15, -0.1) is 22.7 Å². The van der Waals surface area contributed by atoms with Crippen molar-refractivity contribution in [2.75, 3.05) is 5.75 Å². The molecule has 31 heavy (non-hydrogen) atoms. The first-order valence-electron chi connectivity index (χ1n) is 8.37. The lowest BCUT2D eigenvalue weighted by atomic mass is 10.2. The predicted octanol–water partition coefficient (Wildman–Crippen LogP) is 5.14. The van der Waals surface area contributed by atoms with Crippen LogP contribution in [0.4, 0.5) is 26.3 Å². The maximum absolute atomic E-state index is 13.1. The summed E-state index contributed by atoms with van der Waals surface area (Å²) in [6.45, 7) is 1.33. The van der Waals surface area contributed by atoms with Gasteiger partial charge in [0.2, 0.25) is 0 Å². The van der Waals surface area contributed by atoms with Gasteiger partial charge < -0.3 is 4.57 Å². The molecule has 0 N–H and O–H groups in total. The van der Waals surface area contributed by atoms with E-state index in [0.717, 1.165) is 6.07 Å². The van der Waals surface area contributed by atoms with Crippen LogP contribution in [0, 0.1) is 0 Å². The second-order valence-electron chi connectivity index (χ2n) is 6.37. The molecule has 15 heteroatoms. The zero-order valence-corrected chi connectivity index (χ0v) is 17.9. The zero-order valence-electron chi connectivity index (χ0n) is 15.5. The number of nitrogens with zero attached hydrogens (tertiary/aromatic N) is 4. The molecule has 0 radical (unpaired) electrons. The van der Waals surface area contributed by atoms with Gasteiger partial charge in [-0.1, -0.05) is 6.92 Å². The van der Waals surface area contributed by atoms with E-state index in [1.54, 1.807) is 0 Å². The molecule has 166 valence electrons. The molecule has 0 aliphatic carbocycles. The minimum Gasteiger partial charge on any atom is -0.311 e. The summed E-state index contributed by atoms with van der Waals surface area (Å²) >= 11 is 0.883. The Kier molecular flexibility index (Phi) is 4.86. The number of rotatable bonds is 3. The summed E-state index contributed by atoms with van der Waals surface area (Å²) in [6, 6.07) is 0.774. The van der Waals surface area contributed by atoms with E-state index in [9.17, 15) is 34.8 Å². The first-order chi connectivity index (χ1) is 14.2. The monoisotopic (exact) mass is 500 g/mol. The summed E-state index contributed by atoms with van der Waals surface area (Å²) in [5.41, 5.74) is -1.11. The van der Waals surface area contributed by atoms with Crippen LogP contribution in [-0.4, -0.2) is 33.7 Å². The van der Waals surface area contributed by atoms with Gasteiger partial charge in [-0.2, -0.15) is 26.3 Å². The summed E-state index contributed by atoms with van der Waals surface area (Å²) in [5.74, 6) is -0.427. The molecule has 0 aromatic carbocycles. The van der Waals surface area contributed by atoms with Gasteiger partial charge in [0.25, 0.3) is 0 Å². The molecule has 4 aromatic heterocycles. The van der Waals surface area contributed by atoms with Gasteiger partial charge in [0, 0.05) is 13.2 Å². The third kappa shape index (κ3) is 3.57. The molecule has 0 atom stereocenters. The number of hydrogen-bond donors (Lipinski definition) is 0. The molecular formula is C16H10F6N4O2S3. The highest BCUT2D eigenvalue weighted by Gasteiger charge is 2.38. The number of hydrogen-bond acceptors (Lipinski definition) is 7. The maximum atomic E-state index is 13.1. The second-order valence-corrected chi connectivity index (χ2v) is 10.6. The quantitative estimate of drug-likeness (QED) is 0.364. The topological polar surface area (TPSA) is 77.7 Å². The summed E-state index contributed by atoms with van der Waals surface area (Å²) < 4.78 is 105. The Morgan fingerprint density at radius 2 is 1.74 bits per heavy atom. The highest BCUT2D eigenvalue weighted by atomic mass is 32.2. The van der Waals surface area contributed by atoms with E-state index in [2.05, 4.69) is 15.0 Å². The molecule has 0 saturated heterocycles. The van der Waals surface area contributed by atoms with Gasteiger partial charge in [-0.3, -0.25) is 0 Å². The maximum Gasteiger partial charge on any atom is 0.443 e. The van der Waals surface area contributed by atoms with Gasteiger partial charge in [-0.25, -0.2) is 23.4 Å². The number of aromatic nitrogens is 4. The largest absolute Gasteiger partial charge is 0.443 e. The molecule has 0 saturated carbocycles. The van der Waals surface area contributed by atoms with Crippen LogP contribution in [0.2, 0.25) is 0 Å². The average Bonchev–Trinajstić information content (AvgIpc) is 3.30. The number of aryl methyl sites for hydroxylation is 1. The third-order valence-corrected chi connectivity index (χ3v) is 8.76. The lowest BCUT2D eigenvalue weighted by Gasteiger charge is -2.06. The molecular weight excluding hydrogens is 490 g/mol. The Hall–Kier alpha value is -2.26. The minimum absolute atomic E-state index is 0.00150. The number of imidazole rings is 1. The summed E-state index contributed by atoms with van der Waals surface area (Å²) in [7, 11) is -2.59. The highest BCUT2D eigenvalue weighted by molar-refractivity contribution is 7.92. The number of pyridine rings is 1. The second kappa shape index (κ2) is 6.87. The molecule has 0 unspecified atom stereocenters. The van der Waals surface area contributed by atoms with Crippen LogP contribution in [0.5, 0.6) is 0 Å². The number of fused-ring (bicyclic) bond motifs is 2. The van der Waals surface area contributed by atoms with Crippen molar-refractivity contribution >= 4 is 53.2 Å². The average molecular weight is 500 g/mol. The molecule has 0 bridgehead atoms. The van der Waals surface area contributed by atoms with Gasteiger partial charge in [0.15, 0.2) is 26.3 Å². The van der Waals surface area contributed by atoms with Gasteiger partial charge in [-0.05, 0) is 6.07 Å². The number of thiazole rings is 1. The van der Waals surface area contributed by atoms with Crippen LogP contribution < -0.4 is 0 Å². The Morgan fingerprint density at radius 3 is 2.32 bits per heavy atom. The first-order valence-corrected chi connectivity index (χ1v) is 11.7. The van der Waals surface area contributed by atoms with Gasteiger partial charge in [0.1, 0.15) is 15.2 Å². The molecule has 4 heterocycles. The molecule has 4 rings (SSSR count). The molecule has 0 fully saturated rings. The fraction of sp³-hybridized carbons (Fsp3) is 0.312. The Balaban J connectivity index is 2.01. The summed E-state index contributed by atoms with van der Waals surface area (Å²) in [4.78, 5) is 10.9. The van der Waals surface area contributed by atoms with Crippen LogP contribution in [0.3, 0.4) is 0 Å². The molecule has 6 nitrogen and oxygen atoms in total. The van der Waals surface area contributed by atoms with Crippen LogP contribution in [0.1, 0.15) is 17.5 Å². The van der Waals surface area contributed by atoms with E-state index in [1.165, 1.54) is 18.5 Å². The fourth-order valence-electron chi connectivity index (χ4n) is 2.89. The molecule has 4 aromatic rings. The Labute approximate surface area is 178 Å². The fourth-order valence-corrected chi connectivity index (χ4v) is 7.15. The number of halogens is 6. The lowest BCUT2D eigenvalue weighted by Crippen LogP contribution is -2.06. The van der Waals surface area contributed by atoms with Gasteiger partial charge in [0.05, 0.1) is 20.9 Å². The highest BCUT2D eigenvalue weighted by Crippen LogP contribution is 2.47. The van der Waals surface area contributed by atoms with E-state index in [-0.39, 0.29) is 47.6 Å². The van der Waals surface area contributed by atoms with Crippen LogP contribution in [-0.2, 0) is 29.2 Å². The first kappa shape index (κ1) is 22.0. The van der Waals surface area contributed by atoms with Crippen LogP contribution >= 0.6 is 22.7 Å². The van der Waals surface area contributed by atoms with Crippen molar-refractivity contribution in [3.63, 3.8) is 0 Å². The SMILES string of the molecule is CCS(=O)(=O)c1c(-c2nc3cc(C(F)(F)F)cnc3n2C)sc2nc(C(F)(F)F)sc12. The molecule has 0 amide bonds. The van der Waals surface area contributed by atoms with Crippen molar-refractivity contribution in [3.05, 3.63) is 22.8 Å². The molecule has 0 aliphatic rings. The Morgan fingerprint density at radius 1 is 1.06 bits per heavy atom.